The fourth-order valence-corrected chi connectivity index (χ4v) is 4.54. The van der Waals surface area contributed by atoms with E-state index in [1.165, 1.54) is 41.5 Å². The molecule has 0 aromatic carbocycles. The normalized spacial score (nSPS) is 24.2. The maximum atomic E-state index is 4.64. The Morgan fingerprint density at radius 3 is 2.71 bits per heavy atom. The van der Waals surface area contributed by atoms with Crippen LogP contribution in [0, 0.1) is 11.8 Å². The summed E-state index contributed by atoms with van der Waals surface area (Å²) in [7, 11) is 2.08. The molecule has 3 nitrogen and oxygen atoms in total. The highest BCUT2D eigenvalue weighted by Crippen LogP contribution is 2.33. The molecule has 1 heterocycles. The number of nitrogens with one attached hydrogen (secondary N) is 1. The lowest BCUT2D eigenvalue weighted by molar-refractivity contribution is 0.221. The Balaban J connectivity index is 2.14. The lowest BCUT2D eigenvalue weighted by atomic mass is 9.77. The number of likely N-dealkylation sites (N-methyl/N-ethyl adjacent to an activating group) is 1. The van der Waals surface area contributed by atoms with Crippen LogP contribution < -0.4 is 5.32 Å². The van der Waals surface area contributed by atoms with Crippen molar-refractivity contribution in [3.8, 4) is 0 Å². The van der Waals surface area contributed by atoms with Crippen LogP contribution in [0.2, 0.25) is 0 Å². The summed E-state index contributed by atoms with van der Waals surface area (Å²) >= 11 is 3.77. The van der Waals surface area contributed by atoms with Crippen LogP contribution in [-0.2, 0) is 19.9 Å². The maximum Gasteiger partial charge on any atom is 0.0766 e. The number of halogens is 1. The second kappa shape index (κ2) is 7.77. The van der Waals surface area contributed by atoms with Crippen LogP contribution >= 0.6 is 15.9 Å². The Hall–Kier alpha value is -0.350. The average molecular weight is 356 g/mol. The van der Waals surface area contributed by atoms with Crippen LogP contribution in [0.4, 0.5) is 0 Å². The van der Waals surface area contributed by atoms with Crippen molar-refractivity contribution in [3.63, 3.8) is 0 Å². The van der Waals surface area contributed by atoms with Crippen LogP contribution in [0.1, 0.15) is 57.8 Å². The van der Waals surface area contributed by atoms with Gasteiger partial charge in [0.25, 0.3) is 0 Å². The van der Waals surface area contributed by atoms with Crippen LogP contribution in [0.15, 0.2) is 4.47 Å². The maximum absolute atomic E-state index is 4.64. The highest BCUT2D eigenvalue weighted by molar-refractivity contribution is 9.10. The predicted octanol–water partition coefficient (Wildman–Crippen LogP) is 4.09. The molecule has 4 heteroatoms. The van der Waals surface area contributed by atoms with E-state index < -0.39 is 0 Å². The number of hydrogen-bond acceptors (Lipinski definition) is 2. The molecule has 0 radical (unpaired) electrons. The lowest BCUT2D eigenvalue weighted by Crippen LogP contribution is -2.40. The first-order valence-corrected chi connectivity index (χ1v) is 9.29. The predicted molar refractivity (Wildman–Crippen MR) is 92.6 cm³/mol. The summed E-state index contributed by atoms with van der Waals surface area (Å²) in [5.74, 6) is 1.69. The Kier molecular flexibility index (Phi) is 6.30. The van der Waals surface area contributed by atoms with Gasteiger partial charge in [-0.25, -0.2) is 0 Å². The van der Waals surface area contributed by atoms with Gasteiger partial charge in [-0.05, 0) is 53.6 Å². The highest BCUT2D eigenvalue weighted by atomic mass is 79.9. The first-order valence-electron chi connectivity index (χ1n) is 8.50. The van der Waals surface area contributed by atoms with Crippen LogP contribution in [-0.4, -0.2) is 22.4 Å². The molecule has 1 aliphatic carbocycles. The van der Waals surface area contributed by atoms with E-state index in [2.05, 4.69) is 58.8 Å². The molecule has 2 rings (SSSR count). The molecule has 0 bridgehead atoms. The number of rotatable bonds is 6. The molecular weight excluding hydrogens is 326 g/mol. The summed E-state index contributed by atoms with van der Waals surface area (Å²) in [6.07, 6.45) is 7.60. The van der Waals surface area contributed by atoms with E-state index in [0.717, 1.165) is 31.2 Å². The molecular formula is C17H30BrN3. The summed E-state index contributed by atoms with van der Waals surface area (Å²) in [6.45, 7) is 7.84. The van der Waals surface area contributed by atoms with Crippen molar-refractivity contribution in [1.29, 1.82) is 0 Å². The van der Waals surface area contributed by atoms with E-state index in [4.69, 9.17) is 0 Å². The van der Waals surface area contributed by atoms with E-state index >= 15 is 0 Å². The highest BCUT2D eigenvalue weighted by Gasteiger charge is 2.28. The van der Waals surface area contributed by atoms with Crippen LogP contribution in [0.3, 0.4) is 0 Å². The molecule has 0 saturated heterocycles. The van der Waals surface area contributed by atoms with E-state index in [1.54, 1.807) is 0 Å². The van der Waals surface area contributed by atoms with Gasteiger partial charge in [-0.2, -0.15) is 5.10 Å². The van der Waals surface area contributed by atoms with Gasteiger partial charge in [-0.3, -0.25) is 4.68 Å². The van der Waals surface area contributed by atoms with Gasteiger partial charge in [0.15, 0.2) is 0 Å². The molecule has 3 atom stereocenters. The minimum Gasteiger partial charge on any atom is -0.314 e. The van der Waals surface area contributed by atoms with E-state index in [0.29, 0.717) is 6.04 Å². The second-order valence-corrected chi connectivity index (χ2v) is 7.38. The summed E-state index contributed by atoms with van der Waals surface area (Å²) in [4.78, 5) is 0. The van der Waals surface area contributed by atoms with Gasteiger partial charge in [-0.15, -0.1) is 0 Å². The van der Waals surface area contributed by atoms with Gasteiger partial charge in [-0.1, -0.05) is 33.6 Å². The zero-order valence-corrected chi connectivity index (χ0v) is 15.5. The third-order valence-corrected chi connectivity index (χ3v) is 5.84. The topological polar surface area (TPSA) is 29.9 Å². The van der Waals surface area contributed by atoms with Crippen molar-refractivity contribution in [3.05, 3.63) is 15.9 Å². The summed E-state index contributed by atoms with van der Waals surface area (Å²) in [5.41, 5.74) is 2.52. The smallest absolute Gasteiger partial charge is 0.0766 e. The third-order valence-electron chi connectivity index (χ3n) is 4.93. The number of aromatic nitrogens is 2. The Morgan fingerprint density at radius 1 is 1.38 bits per heavy atom. The van der Waals surface area contributed by atoms with Crippen LogP contribution in [0.5, 0.6) is 0 Å². The quantitative estimate of drug-likeness (QED) is 0.832. The van der Waals surface area contributed by atoms with Gasteiger partial charge in [0.2, 0.25) is 0 Å². The lowest BCUT2D eigenvalue weighted by Gasteiger charge is -2.34. The summed E-state index contributed by atoms with van der Waals surface area (Å²) in [5, 5.41) is 8.39. The molecule has 3 unspecified atom stereocenters. The fraction of sp³-hybridized carbons (Fsp3) is 0.824. The first kappa shape index (κ1) is 17.0. The van der Waals surface area contributed by atoms with Gasteiger partial charge in [0.05, 0.1) is 15.9 Å². The molecule has 1 aromatic heterocycles. The number of hydrogen-bond donors (Lipinski definition) is 1. The van der Waals surface area contributed by atoms with Gasteiger partial charge >= 0.3 is 0 Å². The first-order chi connectivity index (χ1) is 10.1. The van der Waals surface area contributed by atoms with Gasteiger partial charge in [0.1, 0.15) is 0 Å². The van der Waals surface area contributed by atoms with E-state index in [-0.39, 0.29) is 0 Å². The molecule has 1 saturated carbocycles. The van der Waals surface area contributed by atoms with Crippen molar-refractivity contribution in [1.82, 2.24) is 15.1 Å². The number of aryl methyl sites for hydroxylation is 2. The van der Waals surface area contributed by atoms with Crippen molar-refractivity contribution in [2.24, 2.45) is 18.9 Å². The minimum absolute atomic E-state index is 0.578. The third kappa shape index (κ3) is 4.10. The van der Waals surface area contributed by atoms with Crippen LogP contribution in [0.25, 0.3) is 0 Å². The summed E-state index contributed by atoms with van der Waals surface area (Å²) in [6, 6.07) is 0.578. The molecule has 0 spiro atoms. The minimum atomic E-state index is 0.578. The molecule has 1 aromatic rings. The Bertz CT molecular complexity index is 455. The molecule has 0 aliphatic heterocycles. The van der Waals surface area contributed by atoms with Crippen molar-refractivity contribution in [2.45, 2.75) is 65.3 Å². The van der Waals surface area contributed by atoms with E-state index in [1.807, 2.05) is 0 Å². The van der Waals surface area contributed by atoms with Gasteiger partial charge in [0, 0.05) is 19.5 Å². The largest absolute Gasteiger partial charge is 0.314 e. The van der Waals surface area contributed by atoms with Crippen molar-refractivity contribution < 1.29 is 0 Å². The average Bonchev–Trinajstić information content (AvgIpc) is 2.74. The standard InChI is InChI=1S/C17H30BrN3/c1-5-14-17(18)16(21(4)20-14)11-15(19-6-2)13-9-7-8-12(3)10-13/h12-13,15,19H,5-11H2,1-4H3. The molecule has 120 valence electrons. The molecule has 1 fully saturated rings. The zero-order valence-electron chi connectivity index (χ0n) is 14.0. The monoisotopic (exact) mass is 355 g/mol. The molecule has 1 N–H and O–H groups in total. The Labute approximate surface area is 138 Å². The second-order valence-electron chi connectivity index (χ2n) is 6.58. The molecule has 1 aliphatic rings. The van der Waals surface area contributed by atoms with Crippen molar-refractivity contribution >= 4 is 15.9 Å². The Morgan fingerprint density at radius 2 is 2.14 bits per heavy atom. The molecule has 21 heavy (non-hydrogen) atoms. The van der Waals surface area contributed by atoms with Crippen molar-refractivity contribution in [2.75, 3.05) is 6.54 Å². The molecule has 0 amide bonds. The SMILES string of the molecule is CCNC(Cc1c(Br)c(CC)nn1C)C1CCCC(C)C1. The fourth-order valence-electron chi connectivity index (χ4n) is 3.76. The summed E-state index contributed by atoms with van der Waals surface area (Å²) < 4.78 is 3.29. The number of nitrogens with zero attached hydrogens (tertiary/aromatic N) is 2. The zero-order chi connectivity index (χ0) is 15.4. The van der Waals surface area contributed by atoms with Gasteiger partial charge < -0.3 is 5.32 Å². The van der Waals surface area contributed by atoms with E-state index in [9.17, 15) is 0 Å².